The second-order valence-corrected chi connectivity index (χ2v) is 3.62. The van der Waals surface area contributed by atoms with Crippen molar-refractivity contribution in [1.29, 1.82) is 0 Å². The number of benzene rings is 1. The van der Waals surface area contributed by atoms with Gasteiger partial charge in [-0.15, -0.1) is 0 Å². The zero-order valence-electron chi connectivity index (χ0n) is 7.53. The SMILES string of the molecule is NC(=S)Nc1cc(F)cc(C(F)(F)F)c1Cl. The molecule has 0 aliphatic rings. The molecule has 3 N–H and O–H groups in total. The van der Waals surface area contributed by atoms with E-state index in [1.165, 1.54) is 0 Å². The molecule has 0 fully saturated rings. The van der Waals surface area contributed by atoms with Crippen molar-refractivity contribution in [3.05, 3.63) is 28.5 Å². The Bertz CT molecular complexity index is 433. The van der Waals surface area contributed by atoms with E-state index in [-0.39, 0.29) is 10.8 Å². The summed E-state index contributed by atoms with van der Waals surface area (Å²) in [7, 11) is 0. The van der Waals surface area contributed by atoms with Crippen molar-refractivity contribution in [2.24, 2.45) is 5.73 Å². The maximum atomic E-state index is 12.9. The van der Waals surface area contributed by atoms with Gasteiger partial charge in [-0.1, -0.05) is 11.6 Å². The van der Waals surface area contributed by atoms with Crippen molar-refractivity contribution in [2.45, 2.75) is 6.18 Å². The molecule has 0 aliphatic heterocycles. The molecular formula is C8H5ClF4N2S. The van der Waals surface area contributed by atoms with Crippen LogP contribution in [0.2, 0.25) is 5.02 Å². The highest BCUT2D eigenvalue weighted by molar-refractivity contribution is 7.80. The van der Waals surface area contributed by atoms with Gasteiger partial charge in [0.1, 0.15) is 5.82 Å². The summed E-state index contributed by atoms with van der Waals surface area (Å²) in [5, 5.41) is 1.18. The van der Waals surface area contributed by atoms with Crippen molar-refractivity contribution >= 4 is 34.6 Å². The highest BCUT2D eigenvalue weighted by Gasteiger charge is 2.34. The Balaban J connectivity index is 3.32. The van der Waals surface area contributed by atoms with E-state index in [0.29, 0.717) is 6.07 Å². The monoisotopic (exact) mass is 272 g/mol. The Hall–Kier alpha value is -1.08. The molecule has 0 aromatic heterocycles. The van der Waals surface area contributed by atoms with Crippen LogP contribution in [0, 0.1) is 5.82 Å². The van der Waals surface area contributed by atoms with Gasteiger partial charge in [0.15, 0.2) is 5.11 Å². The summed E-state index contributed by atoms with van der Waals surface area (Å²) in [4.78, 5) is 0. The third-order valence-corrected chi connectivity index (χ3v) is 2.11. The summed E-state index contributed by atoms with van der Waals surface area (Å²) < 4.78 is 50.1. The molecule has 0 saturated carbocycles. The van der Waals surface area contributed by atoms with Gasteiger partial charge in [0, 0.05) is 0 Å². The number of nitrogens with two attached hydrogens (primary N) is 1. The Kier molecular flexibility index (Phi) is 3.59. The zero-order chi connectivity index (χ0) is 12.5. The molecule has 0 saturated heterocycles. The summed E-state index contributed by atoms with van der Waals surface area (Å²) in [6.07, 6.45) is -4.74. The fourth-order valence-electron chi connectivity index (χ4n) is 1.02. The zero-order valence-corrected chi connectivity index (χ0v) is 9.10. The molecule has 1 aromatic rings. The van der Waals surface area contributed by atoms with Crippen molar-refractivity contribution in [3.8, 4) is 0 Å². The van der Waals surface area contributed by atoms with E-state index >= 15 is 0 Å². The highest BCUT2D eigenvalue weighted by Crippen LogP contribution is 2.38. The van der Waals surface area contributed by atoms with Crippen molar-refractivity contribution < 1.29 is 17.6 Å². The number of halogens is 5. The van der Waals surface area contributed by atoms with Gasteiger partial charge in [0.2, 0.25) is 0 Å². The molecule has 0 heterocycles. The van der Waals surface area contributed by atoms with Gasteiger partial charge in [-0.3, -0.25) is 0 Å². The van der Waals surface area contributed by atoms with E-state index in [0.717, 1.165) is 6.07 Å². The van der Waals surface area contributed by atoms with Crippen LogP contribution in [-0.4, -0.2) is 5.11 Å². The standard InChI is InChI=1S/C8H5ClF4N2S/c9-6-4(8(11,12)13)1-3(10)2-5(6)15-7(14)16/h1-2H,(H3,14,15,16). The second-order valence-electron chi connectivity index (χ2n) is 2.80. The lowest BCUT2D eigenvalue weighted by Gasteiger charge is -2.13. The summed E-state index contributed by atoms with van der Waals surface area (Å²) >= 11 is 9.87. The van der Waals surface area contributed by atoms with E-state index in [1.54, 1.807) is 0 Å². The molecule has 0 unspecified atom stereocenters. The van der Waals surface area contributed by atoms with Gasteiger partial charge in [0.25, 0.3) is 0 Å². The lowest BCUT2D eigenvalue weighted by molar-refractivity contribution is -0.137. The van der Waals surface area contributed by atoms with Crippen LogP contribution < -0.4 is 11.1 Å². The molecule has 0 amide bonds. The third-order valence-electron chi connectivity index (χ3n) is 1.60. The number of hydrogen-bond donors (Lipinski definition) is 2. The first-order valence-electron chi connectivity index (χ1n) is 3.84. The highest BCUT2D eigenvalue weighted by atomic mass is 35.5. The number of anilines is 1. The van der Waals surface area contributed by atoms with E-state index in [1.807, 2.05) is 0 Å². The molecule has 88 valence electrons. The van der Waals surface area contributed by atoms with Gasteiger partial charge < -0.3 is 11.1 Å². The summed E-state index contributed by atoms with van der Waals surface area (Å²) in [5.41, 5.74) is 3.46. The number of hydrogen-bond acceptors (Lipinski definition) is 1. The van der Waals surface area contributed by atoms with Crippen molar-refractivity contribution in [2.75, 3.05) is 5.32 Å². The van der Waals surface area contributed by atoms with Crippen LogP contribution in [0.4, 0.5) is 23.2 Å². The largest absolute Gasteiger partial charge is 0.418 e. The minimum absolute atomic E-state index is 0.299. The van der Waals surface area contributed by atoms with Gasteiger partial charge in [-0.2, -0.15) is 13.2 Å². The Morgan fingerprint density at radius 1 is 1.38 bits per heavy atom. The minimum Gasteiger partial charge on any atom is -0.376 e. The van der Waals surface area contributed by atoms with E-state index in [9.17, 15) is 17.6 Å². The Labute approximate surface area is 98.4 Å². The maximum absolute atomic E-state index is 12.9. The van der Waals surface area contributed by atoms with Gasteiger partial charge in [-0.25, -0.2) is 4.39 Å². The fraction of sp³-hybridized carbons (Fsp3) is 0.125. The first-order chi connectivity index (χ1) is 7.21. The summed E-state index contributed by atoms with van der Waals surface area (Å²) in [6, 6.07) is 1.07. The molecular weight excluding hydrogens is 268 g/mol. The molecule has 0 radical (unpaired) electrons. The maximum Gasteiger partial charge on any atom is 0.418 e. The third kappa shape index (κ3) is 2.96. The predicted octanol–water partition coefficient (Wildman–Crippen LogP) is 3.15. The quantitative estimate of drug-likeness (QED) is 0.609. The topological polar surface area (TPSA) is 38.0 Å². The Morgan fingerprint density at radius 2 is 1.94 bits per heavy atom. The molecule has 0 bridgehead atoms. The van der Waals surface area contributed by atoms with Gasteiger partial charge >= 0.3 is 6.18 Å². The first kappa shape index (κ1) is 13.0. The average Bonchev–Trinajstić information content (AvgIpc) is 2.07. The smallest absolute Gasteiger partial charge is 0.376 e. The molecule has 0 atom stereocenters. The van der Waals surface area contributed by atoms with Gasteiger partial charge in [-0.05, 0) is 24.4 Å². The van der Waals surface area contributed by atoms with Crippen LogP contribution in [0.3, 0.4) is 0 Å². The van der Waals surface area contributed by atoms with Gasteiger partial charge in [0.05, 0.1) is 16.3 Å². The van der Waals surface area contributed by atoms with Crippen LogP contribution in [0.1, 0.15) is 5.56 Å². The molecule has 1 aromatic carbocycles. The summed E-state index contributed by atoms with van der Waals surface area (Å²) in [6.45, 7) is 0. The van der Waals surface area contributed by atoms with Crippen molar-refractivity contribution in [3.63, 3.8) is 0 Å². The lowest BCUT2D eigenvalue weighted by Crippen LogP contribution is -2.20. The van der Waals surface area contributed by atoms with E-state index < -0.39 is 22.6 Å². The number of thiocarbonyl (C=S) groups is 1. The summed E-state index contributed by atoms with van der Waals surface area (Å²) in [5.74, 6) is -1.09. The van der Waals surface area contributed by atoms with Crippen LogP contribution in [0.5, 0.6) is 0 Å². The molecule has 0 spiro atoms. The van der Waals surface area contributed by atoms with Crippen LogP contribution in [-0.2, 0) is 6.18 Å². The average molecular weight is 273 g/mol. The number of alkyl halides is 3. The van der Waals surface area contributed by atoms with E-state index in [4.69, 9.17) is 17.3 Å². The molecule has 16 heavy (non-hydrogen) atoms. The normalized spacial score (nSPS) is 11.3. The lowest BCUT2D eigenvalue weighted by atomic mass is 10.2. The fourth-order valence-corrected chi connectivity index (χ4v) is 1.39. The second kappa shape index (κ2) is 4.42. The number of rotatable bonds is 1. The molecule has 2 nitrogen and oxygen atoms in total. The predicted molar refractivity (Wildman–Crippen MR) is 56.8 cm³/mol. The van der Waals surface area contributed by atoms with Crippen molar-refractivity contribution in [1.82, 2.24) is 0 Å². The molecule has 8 heteroatoms. The number of nitrogens with one attached hydrogen (secondary N) is 1. The molecule has 1 rings (SSSR count). The minimum atomic E-state index is -4.74. The Morgan fingerprint density at radius 3 is 2.38 bits per heavy atom. The van der Waals surface area contributed by atoms with Crippen LogP contribution >= 0.6 is 23.8 Å². The van der Waals surface area contributed by atoms with E-state index in [2.05, 4.69) is 17.5 Å². The van der Waals surface area contributed by atoms with Crippen LogP contribution in [0.15, 0.2) is 12.1 Å². The first-order valence-corrected chi connectivity index (χ1v) is 4.63. The molecule has 0 aliphatic carbocycles. The van der Waals surface area contributed by atoms with Crippen LogP contribution in [0.25, 0.3) is 0 Å².